The molecular formula is C32H66O6Si3. The standard InChI is InChI=1S/C32H66O6Si3/c1-16-20-31(33)25-32(34,38-41(17-2,18-3)19-4)23-27(36-31)21-26(5)22-28(37-40(14,15)30(9,10)11)24-35-39(12,13)29(6,7)8/h16,21,27-28,33-34H,1,17-20,22-25H2,2-15H3/b26-21+/t27-,28+,31?,32-/m1/s1. The lowest BCUT2D eigenvalue weighted by atomic mass is 9.91. The predicted octanol–water partition coefficient (Wildman–Crippen LogP) is 8.89. The molecule has 1 fully saturated rings. The second-order valence-electron chi connectivity index (χ2n) is 15.6. The van der Waals surface area contributed by atoms with E-state index in [0.717, 1.165) is 23.7 Å². The van der Waals surface area contributed by atoms with Crippen LogP contribution in [0, 0.1) is 0 Å². The summed E-state index contributed by atoms with van der Waals surface area (Å²) in [5.41, 5.74) is 1.09. The molecule has 1 rings (SSSR count). The molecule has 0 aromatic heterocycles. The third kappa shape index (κ3) is 11.1. The van der Waals surface area contributed by atoms with Crippen molar-refractivity contribution in [3.05, 3.63) is 24.3 Å². The number of aliphatic hydroxyl groups is 2. The molecule has 0 aromatic carbocycles. The van der Waals surface area contributed by atoms with Crippen LogP contribution < -0.4 is 0 Å². The fourth-order valence-electron chi connectivity index (χ4n) is 5.06. The summed E-state index contributed by atoms with van der Waals surface area (Å²) in [6.45, 7) is 35.6. The van der Waals surface area contributed by atoms with E-state index >= 15 is 0 Å². The highest BCUT2D eigenvalue weighted by atomic mass is 28.4. The van der Waals surface area contributed by atoms with Crippen LogP contribution in [0.4, 0.5) is 0 Å². The van der Waals surface area contributed by atoms with Crippen molar-refractivity contribution in [2.75, 3.05) is 6.61 Å². The van der Waals surface area contributed by atoms with Crippen LogP contribution in [0.1, 0.15) is 94.9 Å². The molecule has 0 aliphatic carbocycles. The molecule has 1 aliphatic rings. The summed E-state index contributed by atoms with van der Waals surface area (Å²) in [6.07, 6.45) is 4.32. The molecular weight excluding hydrogens is 565 g/mol. The van der Waals surface area contributed by atoms with Crippen LogP contribution in [0.2, 0.25) is 54.4 Å². The first-order valence-corrected chi connectivity index (χ1v) is 24.2. The van der Waals surface area contributed by atoms with E-state index in [0.29, 0.717) is 13.0 Å². The lowest BCUT2D eigenvalue weighted by Gasteiger charge is -2.48. The van der Waals surface area contributed by atoms with Crippen LogP contribution in [-0.2, 0) is 18.0 Å². The van der Waals surface area contributed by atoms with Crippen LogP contribution >= 0.6 is 0 Å². The number of rotatable bonds is 15. The maximum atomic E-state index is 11.8. The Morgan fingerprint density at radius 2 is 1.49 bits per heavy atom. The van der Waals surface area contributed by atoms with E-state index in [2.05, 4.69) is 102 Å². The Kier molecular flexibility index (Phi) is 13.6. The fourth-order valence-corrected chi connectivity index (χ4v) is 10.3. The highest BCUT2D eigenvalue weighted by Gasteiger charge is 2.51. The van der Waals surface area contributed by atoms with Crippen molar-refractivity contribution in [1.29, 1.82) is 0 Å². The van der Waals surface area contributed by atoms with Crippen LogP contribution in [0.3, 0.4) is 0 Å². The summed E-state index contributed by atoms with van der Waals surface area (Å²) < 4.78 is 26.4. The predicted molar refractivity (Wildman–Crippen MR) is 181 cm³/mol. The first kappa shape index (κ1) is 38.9. The topological polar surface area (TPSA) is 77.4 Å². The summed E-state index contributed by atoms with van der Waals surface area (Å²) >= 11 is 0. The quantitative estimate of drug-likeness (QED) is 0.107. The molecule has 0 aromatic rings. The smallest absolute Gasteiger partial charge is 0.195 e. The van der Waals surface area contributed by atoms with Gasteiger partial charge in [0.1, 0.15) is 0 Å². The van der Waals surface area contributed by atoms with Gasteiger partial charge in [-0.3, -0.25) is 0 Å². The van der Waals surface area contributed by atoms with Gasteiger partial charge in [0, 0.05) is 12.8 Å². The van der Waals surface area contributed by atoms with Gasteiger partial charge in [0.2, 0.25) is 0 Å². The van der Waals surface area contributed by atoms with Crippen molar-refractivity contribution in [1.82, 2.24) is 0 Å². The van der Waals surface area contributed by atoms with Gasteiger partial charge in [0.25, 0.3) is 0 Å². The summed E-state index contributed by atoms with van der Waals surface area (Å²) in [4.78, 5) is 0. The molecule has 0 spiro atoms. The van der Waals surface area contributed by atoms with Crippen LogP contribution in [0.25, 0.3) is 0 Å². The van der Waals surface area contributed by atoms with Gasteiger partial charge in [-0.2, -0.15) is 0 Å². The third-order valence-electron chi connectivity index (χ3n) is 9.97. The Hall–Kier alpha value is -0.109. The maximum Gasteiger partial charge on any atom is 0.195 e. The van der Waals surface area contributed by atoms with Crippen molar-refractivity contribution in [2.24, 2.45) is 0 Å². The van der Waals surface area contributed by atoms with Crippen molar-refractivity contribution >= 4 is 25.0 Å². The normalized spacial score (nSPS) is 26.2. The van der Waals surface area contributed by atoms with Gasteiger partial charge in [-0.25, -0.2) is 0 Å². The Morgan fingerprint density at radius 1 is 0.976 bits per heavy atom. The number of hydrogen-bond donors (Lipinski definition) is 2. The van der Waals surface area contributed by atoms with Gasteiger partial charge in [-0.1, -0.05) is 80.0 Å². The van der Waals surface area contributed by atoms with Crippen molar-refractivity contribution in [3.8, 4) is 0 Å². The molecule has 0 amide bonds. The van der Waals surface area contributed by atoms with Gasteiger partial charge >= 0.3 is 0 Å². The van der Waals surface area contributed by atoms with Crippen molar-refractivity contribution < 1.29 is 28.2 Å². The maximum absolute atomic E-state index is 11.8. The molecule has 1 heterocycles. The van der Waals surface area contributed by atoms with Gasteiger partial charge in [0.05, 0.1) is 25.2 Å². The molecule has 6 nitrogen and oxygen atoms in total. The molecule has 0 bridgehead atoms. The Balaban J connectivity index is 3.32. The monoisotopic (exact) mass is 630 g/mol. The van der Waals surface area contributed by atoms with E-state index in [1.54, 1.807) is 6.08 Å². The highest BCUT2D eigenvalue weighted by molar-refractivity contribution is 6.75. The van der Waals surface area contributed by atoms with E-state index in [1.807, 2.05) is 6.08 Å². The van der Waals surface area contributed by atoms with E-state index in [9.17, 15) is 10.2 Å². The molecule has 1 unspecified atom stereocenters. The molecule has 4 atom stereocenters. The summed E-state index contributed by atoms with van der Waals surface area (Å²) in [7, 11) is -6.15. The average molecular weight is 631 g/mol. The zero-order chi connectivity index (χ0) is 32.1. The molecule has 1 aliphatic heterocycles. The highest BCUT2D eigenvalue weighted by Crippen LogP contribution is 2.43. The number of ether oxygens (including phenoxy) is 1. The van der Waals surface area contributed by atoms with Gasteiger partial charge in [0.15, 0.2) is 36.5 Å². The minimum atomic E-state index is -2.14. The lowest BCUT2D eigenvalue weighted by molar-refractivity contribution is -0.321. The van der Waals surface area contributed by atoms with Crippen LogP contribution in [0.15, 0.2) is 24.3 Å². The van der Waals surface area contributed by atoms with Gasteiger partial charge in [-0.15, -0.1) is 6.58 Å². The van der Waals surface area contributed by atoms with Crippen LogP contribution in [-0.4, -0.2) is 65.6 Å². The van der Waals surface area contributed by atoms with E-state index in [-0.39, 0.29) is 35.4 Å². The Morgan fingerprint density at radius 3 is 1.93 bits per heavy atom. The molecule has 0 saturated carbocycles. The first-order valence-electron chi connectivity index (χ1n) is 15.8. The van der Waals surface area contributed by atoms with Crippen LogP contribution in [0.5, 0.6) is 0 Å². The lowest BCUT2D eigenvalue weighted by Crippen LogP contribution is -2.57. The fraction of sp³-hybridized carbons (Fsp3) is 0.875. The first-order chi connectivity index (χ1) is 18.4. The molecule has 41 heavy (non-hydrogen) atoms. The van der Waals surface area contributed by atoms with Crippen molar-refractivity contribution in [3.63, 3.8) is 0 Å². The van der Waals surface area contributed by atoms with E-state index in [4.69, 9.17) is 18.0 Å². The summed E-state index contributed by atoms with van der Waals surface area (Å²) in [5.74, 6) is -2.98. The van der Waals surface area contributed by atoms with E-state index in [1.165, 1.54) is 0 Å². The second kappa shape index (κ2) is 14.3. The van der Waals surface area contributed by atoms with Gasteiger partial charge < -0.3 is 28.2 Å². The van der Waals surface area contributed by atoms with Crippen molar-refractivity contribution in [2.45, 2.75) is 173 Å². The number of hydrogen-bond acceptors (Lipinski definition) is 6. The summed E-state index contributed by atoms with van der Waals surface area (Å²) in [6, 6.07) is 2.76. The average Bonchev–Trinajstić information content (AvgIpc) is 2.78. The molecule has 0 radical (unpaired) electrons. The zero-order valence-electron chi connectivity index (χ0n) is 29.2. The molecule has 242 valence electrons. The molecule has 9 heteroatoms. The molecule has 2 N–H and O–H groups in total. The van der Waals surface area contributed by atoms with Gasteiger partial charge in [-0.05, 0) is 67.7 Å². The van der Waals surface area contributed by atoms with E-state index < -0.39 is 42.6 Å². The zero-order valence-corrected chi connectivity index (χ0v) is 32.2. The Labute approximate surface area is 256 Å². The minimum absolute atomic E-state index is 0.0155. The molecule has 1 saturated heterocycles. The second-order valence-corrected chi connectivity index (χ2v) is 29.8. The largest absolute Gasteiger partial charge is 0.414 e. The SMILES string of the molecule is C=CCC1(O)C[C@](O)(O[Si](CC)(CC)CC)C[C@@H](/C=C(\C)C[C@@H](CO[Si](C)(C)C(C)(C)C)O[Si](C)(C)C(C)(C)C)O1. The minimum Gasteiger partial charge on any atom is -0.414 e. The Bertz CT molecular complexity index is 863. The summed E-state index contributed by atoms with van der Waals surface area (Å²) in [5, 5.41) is 23.4. The third-order valence-corrected chi connectivity index (χ3v) is 23.7.